The van der Waals surface area contributed by atoms with Gasteiger partial charge in [0, 0.05) is 18.1 Å². The molecule has 0 unspecified atom stereocenters. The second-order valence-electron chi connectivity index (χ2n) is 2.52. The van der Waals surface area contributed by atoms with Gasteiger partial charge < -0.3 is 10.5 Å². The minimum absolute atomic E-state index is 0.00231. The van der Waals surface area contributed by atoms with Crippen LogP contribution in [0.4, 0.5) is 0 Å². The van der Waals surface area contributed by atoms with E-state index in [1.807, 2.05) is 24.3 Å². The normalized spacial score (nSPS) is 12.9. The molecule has 0 aliphatic rings. The number of nitrogens with two attached hydrogens (primary N) is 1. The first-order chi connectivity index (χ1) is 5.77. The Hall–Kier alpha value is -0.380. The summed E-state index contributed by atoms with van der Waals surface area (Å²) in [5.74, 6) is 0. The van der Waals surface area contributed by atoms with Gasteiger partial charge in [0.2, 0.25) is 0 Å². The molecular formula is C9H12BrNO. The molecule has 0 spiro atoms. The van der Waals surface area contributed by atoms with E-state index in [9.17, 15) is 0 Å². The van der Waals surface area contributed by atoms with Gasteiger partial charge in [0.25, 0.3) is 0 Å². The molecule has 12 heavy (non-hydrogen) atoms. The fraction of sp³-hybridized carbons (Fsp3) is 0.333. The van der Waals surface area contributed by atoms with E-state index in [0.717, 1.165) is 10.0 Å². The molecule has 1 aromatic rings. The molecule has 3 heteroatoms. The topological polar surface area (TPSA) is 35.2 Å². The van der Waals surface area contributed by atoms with Gasteiger partial charge in [0.05, 0.1) is 6.10 Å². The number of benzene rings is 1. The lowest BCUT2D eigenvalue weighted by molar-refractivity contribution is 0.110. The minimum Gasteiger partial charge on any atom is -0.375 e. The molecule has 0 saturated carbocycles. The maximum atomic E-state index is 5.53. The van der Waals surface area contributed by atoms with Crippen LogP contribution in [0.3, 0.4) is 0 Å². The third-order valence-electron chi connectivity index (χ3n) is 1.72. The Morgan fingerprint density at radius 1 is 1.58 bits per heavy atom. The van der Waals surface area contributed by atoms with Gasteiger partial charge in [0.15, 0.2) is 0 Å². The van der Waals surface area contributed by atoms with Crippen molar-refractivity contribution in [2.75, 3.05) is 13.7 Å². The van der Waals surface area contributed by atoms with Crippen LogP contribution in [0.25, 0.3) is 0 Å². The second-order valence-corrected chi connectivity index (χ2v) is 3.43. The van der Waals surface area contributed by atoms with Crippen molar-refractivity contribution >= 4 is 15.9 Å². The van der Waals surface area contributed by atoms with Crippen molar-refractivity contribution in [2.45, 2.75) is 6.10 Å². The van der Waals surface area contributed by atoms with Crippen LogP contribution in [0.15, 0.2) is 28.7 Å². The van der Waals surface area contributed by atoms with Crippen LogP contribution in [-0.4, -0.2) is 13.7 Å². The highest BCUT2D eigenvalue weighted by molar-refractivity contribution is 9.10. The maximum absolute atomic E-state index is 5.53. The fourth-order valence-corrected chi connectivity index (χ4v) is 1.49. The smallest absolute Gasteiger partial charge is 0.0943 e. The number of halogens is 1. The third kappa shape index (κ3) is 2.30. The average Bonchev–Trinajstić information content (AvgIpc) is 2.07. The van der Waals surface area contributed by atoms with Gasteiger partial charge in [0.1, 0.15) is 0 Å². The predicted octanol–water partition coefficient (Wildman–Crippen LogP) is 2.10. The molecule has 0 fully saturated rings. The summed E-state index contributed by atoms with van der Waals surface area (Å²) in [5, 5.41) is 0. The van der Waals surface area contributed by atoms with E-state index in [2.05, 4.69) is 15.9 Å². The molecule has 0 heterocycles. The molecule has 1 atom stereocenters. The number of hydrogen-bond donors (Lipinski definition) is 1. The summed E-state index contributed by atoms with van der Waals surface area (Å²) in [6, 6.07) is 7.97. The van der Waals surface area contributed by atoms with E-state index >= 15 is 0 Å². The second kappa shape index (κ2) is 4.60. The average molecular weight is 230 g/mol. The molecule has 0 aliphatic carbocycles. The predicted molar refractivity (Wildman–Crippen MR) is 52.9 cm³/mol. The molecule has 0 bridgehead atoms. The Balaban J connectivity index is 2.85. The summed E-state index contributed by atoms with van der Waals surface area (Å²) in [4.78, 5) is 0. The first-order valence-corrected chi connectivity index (χ1v) is 4.55. The quantitative estimate of drug-likeness (QED) is 0.862. The van der Waals surface area contributed by atoms with Crippen LogP contribution in [-0.2, 0) is 4.74 Å². The highest BCUT2D eigenvalue weighted by Crippen LogP contribution is 2.19. The van der Waals surface area contributed by atoms with Crippen molar-refractivity contribution in [1.82, 2.24) is 0 Å². The molecular weight excluding hydrogens is 218 g/mol. The number of rotatable bonds is 3. The zero-order chi connectivity index (χ0) is 8.97. The van der Waals surface area contributed by atoms with E-state index in [1.54, 1.807) is 7.11 Å². The Morgan fingerprint density at radius 2 is 2.33 bits per heavy atom. The summed E-state index contributed by atoms with van der Waals surface area (Å²) in [6.07, 6.45) is 0.00231. The van der Waals surface area contributed by atoms with Crippen LogP contribution >= 0.6 is 15.9 Å². The van der Waals surface area contributed by atoms with Crippen LogP contribution in [0, 0.1) is 0 Å². The first kappa shape index (κ1) is 9.71. The highest BCUT2D eigenvalue weighted by atomic mass is 79.9. The van der Waals surface area contributed by atoms with Gasteiger partial charge in [-0.25, -0.2) is 0 Å². The molecule has 0 amide bonds. The fourth-order valence-electron chi connectivity index (χ4n) is 1.08. The van der Waals surface area contributed by atoms with E-state index in [1.165, 1.54) is 0 Å². The summed E-state index contributed by atoms with van der Waals surface area (Å²) in [7, 11) is 1.67. The lowest BCUT2D eigenvalue weighted by atomic mass is 10.1. The molecule has 0 saturated heterocycles. The van der Waals surface area contributed by atoms with Crippen molar-refractivity contribution in [2.24, 2.45) is 5.73 Å². The molecule has 2 nitrogen and oxygen atoms in total. The summed E-state index contributed by atoms with van der Waals surface area (Å²) < 4.78 is 6.25. The number of methoxy groups -OCH3 is 1. The lowest BCUT2D eigenvalue weighted by Crippen LogP contribution is -2.13. The molecule has 2 N–H and O–H groups in total. The number of hydrogen-bond acceptors (Lipinski definition) is 2. The Bertz CT molecular complexity index is 248. The van der Waals surface area contributed by atoms with Crippen molar-refractivity contribution in [3.8, 4) is 0 Å². The highest BCUT2D eigenvalue weighted by Gasteiger charge is 2.06. The molecule has 0 radical (unpaired) electrons. The molecule has 1 aromatic carbocycles. The van der Waals surface area contributed by atoms with Gasteiger partial charge in [-0.2, -0.15) is 0 Å². The van der Waals surface area contributed by atoms with Gasteiger partial charge in [-0.05, 0) is 17.7 Å². The van der Waals surface area contributed by atoms with Gasteiger partial charge in [-0.15, -0.1) is 0 Å². The van der Waals surface area contributed by atoms with Crippen molar-refractivity contribution in [3.63, 3.8) is 0 Å². The van der Waals surface area contributed by atoms with Crippen molar-refractivity contribution in [3.05, 3.63) is 34.3 Å². The zero-order valence-electron chi connectivity index (χ0n) is 6.96. The maximum Gasteiger partial charge on any atom is 0.0943 e. The monoisotopic (exact) mass is 229 g/mol. The largest absolute Gasteiger partial charge is 0.375 e. The Morgan fingerprint density at radius 3 is 2.83 bits per heavy atom. The number of ether oxygens (including phenoxy) is 1. The summed E-state index contributed by atoms with van der Waals surface area (Å²) in [6.45, 7) is 0.507. The summed E-state index contributed by atoms with van der Waals surface area (Å²) >= 11 is 3.39. The molecule has 1 rings (SSSR count). The standard InChI is InChI=1S/C9H12BrNO/c1-12-9(6-11)7-3-2-4-8(10)5-7/h2-5,9H,6,11H2,1H3/t9-/m0/s1. The van der Waals surface area contributed by atoms with Crippen molar-refractivity contribution in [1.29, 1.82) is 0 Å². The van der Waals surface area contributed by atoms with Gasteiger partial charge >= 0.3 is 0 Å². The van der Waals surface area contributed by atoms with E-state index in [4.69, 9.17) is 10.5 Å². The van der Waals surface area contributed by atoms with Crippen LogP contribution < -0.4 is 5.73 Å². The Labute approximate surface area is 80.8 Å². The van der Waals surface area contributed by atoms with Gasteiger partial charge in [-0.3, -0.25) is 0 Å². The Kier molecular flexibility index (Phi) is 3.72. The molecule has 0 aromatic heterocycles. The lowest BCUT2D eigenvalue weighted by Gasteiger charge is -2.12. The molecule has 66 valence electrons. The van der Waals surface area contributed by atoms with Crippen LogP contribution in [0.1, 0.15) is 11.7 Å². The van der Waals surface area contributed by atoms with E-state index in [-0.39, 0.29) is 6.10 Å². The van der Waals surface area contributed by atoms with E-state index < -0.39 is 0 Å². The third-order valence-corrected chi connectivity index (χ3v) is 2.21. The first-order valence-electron chi connectivity index (χ1n) is 3.76. The minimum atomic E-state index is 0.00231. The SMILES string of the molecule is CO[C@@H](CN)c1cccc(Br)c1. The van der Waals surface area contributed by atoms with Crippen LogP contribution in [0.5, 0.6) is 0 Å². The zero-order valence-corrected chi connectivity index (χ0v) is 8.54. The molecule has 0 aliphatic heterocycles. The van der Waals surface area contributed by atoms with E-state index in [0.29, 0.717) is 6.54 Å². The summed E-state index contributed by atoms with van der Waals surface area (Å²) in [5.41, 5.74) is 6.63. The van der Waals surface area contributed by atoms with Crippen LogP contribution in [0.2, 0.25) is 0 Å². The van der Waals surface area contributed by atoms with Crippen molar-refractivity contribution < 1.29 is 4.74 Å². The van der Waals surface area contributed by atoms with Gasteiger partial charge in [-0.1, -0.05) is 28.1 Å².